The average Bonchev–Trinajstić information content (AvgIpc) is 2.86. The van der Waals surface area contributed by atoms with Gasteiger partial charge in [-0.15, -0.1) is 0 Å². The Morgan fingerprint density at radius 3 is 2.94 bits per heavy atom. The van der Waals surface area contributed by atoms with Gasteiger partial charge in [0.05, 0.1) is 12.0 Å². The molecule has 0 aromatic heterocycles. The van der Waals surface area contributed by atoms with Crippen LogP contribution in [0.25, 0.3) is 0 Å². The summed E-state index contributed by atoms with van der Waals surface area (Å²) in [6, 6.07) is 5.05. The maximum Gasteiger partial charge on any atom is 0.333 e. The topological polar surface area (TPSA) is 75.8 Å². The molecular weight excluding hydrogens is 236 g/mol. The number of nitrogens with zero attached hydrogens (tertiary/aromatic N) is 2. The van der Waals surface area contributed by atoms with Crippen LogP contribution in [0.4, 0.5) is 11.4 Å². The summed E-state index contributed by atoms with van der Waals surface area (Å²) in [6.07, 6.45) is 0.852. The SMILES string of the molecule is COc1cccc(N2CCC(CO)C2)c1[N+](=O)[O-]. The van der Waals surface area contributed by atoms with Crippen LogP contribution in [0.3, 0.4) is 0 Å². The van der Waals surface area contributed by atoms with E-state index in [4.69, 9.17) is 9.84 Å². The van der Waals surface area contributed by atoms with Crippen LogP contribution in [0, 0.1) is 16.0 Å². The summed E-state index contributed by atoms with van der Waals surface area (Å²) in [6.45, 7) is 1.48. The fraction of sp³-hybridized carbons (Fsp3) is 0.500. The number of ether oxygens (including phenoxy) is 1. The maximum absolute atomic E-state index is 11.2. The van der Waals surface area contributed by atoms with Crippen LogP contribution in [0.15, 0.2) is 18.2 Å². The van der Waals surface area contributed by atoms with Crippen LogP contribution in [0.1, 0.15) is 6.42 Å². The number of anilines is 1. The number of nitro benzene ring substituents is 1. The molecule has 6 nitrogen and oxygen atoms in total. The summed E-state index contributed by atoms with van der Waals surface area (Å²) in [5, 5.41) is 20.3. The second kappa shape index (κ2) is 5.22. The molecule has 0 radical (unpaired) electrons. The minimum Gasteiger partial charge on any atom is -0.490 e. The van der Waals surface area contributed by atoms with Gasteiger partial charge in [0.2, 0.25) is 0 Å². The largest absolute Gasteiger partial charge is 0.490 e. The number of aliphatic hydroxyl groups excluding tert-OH is 1. The van der Waals surface area contributed by atoms with Gasteiger partial charge in [0.1, 0.15) is 5.69 Å². The number of hydrogen-bond donors (Lipinski definition) is 1. The lowest BCUT2D eigenvalue weighted by Crippen LogP contribution is -2.21. The molecule has 0 amide bonds. The fourth-order valence-corrected chi connectivity index (χ4v) is 2.31. The smallest absolute Gasteiger partial charge is 0.333 e. The summed E-state index contributed by atoms with van der Waals surface area (Å²) < 4.78 is 5.04. The predicted molar refractivity (Wildman–Crippen MR) is 67.1 cm³/mol. The second-order valence-electron chi connectivity index (χ2n) is 4.37. The van der Waals surface area contributed by atoms with E-state index in [2.05, 4.69) is 0 Å². The second-order valence-corrected chi connectivity index (χ2v) is 4.37. The standard InChI is InChI=1S/C12H16N2O4/c1-18-11-4-2-3-10(12(11)14(16)17)13-6-5-9(7-13)8-15/h2-4,9,15H,5-8H2,1H3. The molecule has 0 saturated carbocycles. The Bertz CT molecular complexity index is 450. The maximum atomic E-state index is 11.2. The summed E-state index contributed by atoms with van der Waals surface area (Å²) in [5.41, 5.74) is 0.564. The van der Waals surface area contributed by atoms with Gasteiger partial charge in [0.15, 0.2) is 5.75 Å². The van der Waals surface area contributed by atoms with E-state index in [-0.39, 0.29) is 24.0 Å². The summed E-state index contributed by atoms with van der Waals surface area (Å²) in [5.74, 6) is 0.459. The molecule has 1 atom stereocenters. The van der Waals surface area contributed by atoms with Crippen molar-refractivity contribution in [1.82, 2.24) is 0 Å². The van der Waals surface area contributed by atoms with Gasteiger partial charge in [-0.25, -0.2) is 0 Å². The van der Waals surface area contributed by atoms with Crippen molar-refractivity contribution >= 4 is 11.4 Å². The van der Waals surface area contributed by atoms with Crippen LogP contribution < -0.4 is 9.64 Å². The van der Waals surface area contributed by atoms with Gasteiger partial charge in [-0.1, -0.05) is 6.07 Å². The highest BCUT2D eigenvalue weighted by Gasteiger charge is 2.29. The van der Waals surface area contributed by atoms with E-state index in [0.29, 0.717) is 12.2 Å². The number of methoxy groups -OCH3 is 1. The Morgan fingerprint density at radius 2 is 2.39 bits per heavy atom. The van der Waals surface area contributed by atoms with Crippen molar-refractivity contribution in [2.45, 2.75) is 6.42 Å². The summed E-state index contributed by atoms with van der Waals surface area (Å²) in [7, 11) is 1.42. The van der Waals surface area contributed by atoms with Gasteiger partial charge in [-0.3, -0.25) is 10.1 Å². The number of para-hydroxylation sites is 1. The van der Waals surface area contributed by atoms with E-state index in [1.54, 1.807) is 18.2 Å². The third kappa shape index (κ3) is 2.24. The van der Waals surface area contributed by atoms with Crippen molar-refractivity contribution < 1.29 is 14.8 Å². The highest BCUT2D eigenvalue weighted by atomic mass is 16.6. The summed E-state index contributed by atoms with van der Waals surface area (Å²) >= 11 is 0. The predicted octanol–water partition coefficient (Wildman–Crippen LogP) is 1.42. The van der Waals surface area contributed by atoms with Gasteiger partial charge < -0.3 is 14.7 Å². The molecule has 2 rings (SSSR count). The van der Waals surface area contributed by atoms with Gasteiger partial charge in [-0.2, -0.15) is 0 Å². The monoisotopic (exact) mass is 252 g/mol. The lowest BCUT2D eigenvalue weighted by molar-refractivity contribution is -0.385. The molecule has 98 valence electrons. The minimum atomic E-state index is -0.416. The van der Waals surface area contributed by atoms with E-state index in [1.165, 1.54) is 7.11 Å². The molecule has 1 aliphatic heterocycles. The third-order valence-corrected chi connectivity index (χ3v) is 3.26. The van der Waals surface area contributed by atoms with Crippen LogP contribution in [0.5, 0.6) is 5.75 Å². The van der Waals surface area contributed by atoms with Crippen LogP contribution in [-0.4, -0.2) is 36.8 Å². The van der Waals surface area contributed by atoms with Crippen molar-refractivity contribution in [2.24, 2.45) is 5.92 Å². The van der Waals surface area contributed by atoms with E-state index >= 15 is 0 Å². The molecular formula is C12H16N2O4. The van der Waals surface area contributed by atoms with E-state index in [0.717, 1.165) is 13.0 Å². The number of rotatable bonds is 4. The first-order chi connectivity index (χ1) is 8.67. The molecule has 1 aliphatic rings. The lowest BCUT2D eigenvalue weighted by Gasteiger charge is -2.19. The molecule has 1 aromatic carbocycles. The van der Waals surface area contributed by atoms with Gasteiger partial charge in [-0.05, 0) is 18.6 Å². The third-order valence-electron chi connectivity index (χ3n) is 3.26. The van der Waals surface area contributed by atoms with Crippen LogP contribution in [0.2, 0.25) is 0 Å². The molecule has 1 fully saturated rings. The molecule has 0 aliphatic carbocycles. The molecule has 18 heavy (non-hydrogen) atoms. The molecule has 6 heteroatoms. The van der Waals surface area contributed by atoms with Crippen molar-refractivity contribution in [3.8, 4) is 5.75 Å². The Morgan fingerprint density at radius 1 is 1.61 bits per heavy atom. The first-order valence-corrected chi connectivity index (χ1v) is 5.84. The zero-order chi connectivity index (χ0) is 13.1. The fourth-order valence-electron chi connectivity index (χ4n) is 2.31. The van der Waals surface area contributed by atoms with Gasteiger partial charge >= 0.3 is 5.69 Å². The first-order valence-electron chi connectivity index (χ1n) is 5.84. The Balaban J connectivity index is 2.36. The number of nitro groups is 1. The highest BCUT2D eigenvalue weighted by Crippen LogP contribution is 2.38. The number of benzene rings is 1. The van der Waals surface area contributed by atoms with E-state index < -0.39 is 4.92 Å². The lowest BCUT2D eigenvalue weighted by atomic mass is 10.1. The molecule has 1 saturated heterocycles. The Labute approximate surface area is 105 Å². The quantitative estimate of drug-likeness (QED) is 0.648. The summed E-state index contributed by atoms with van der Waals surface area (Å²) in [4.78, 5) is 12.7. The van der Waals surface area contributed by atoms with Crippen LogP contribution >= 0.6 is 0 Å². The van der Waals surface area contributed by atoms with Gasteiger partial charge in [0, 0.05) is 25.6 Å². The molecule has 1 aromatic rings. The first kappa shape index (κ1) is 12.6. The Hall–Kier alpha value is -1.82. The highest BCUT2D eigenvalue weighted by molar-refractivity contribution is 5.70. The number of aliphatic hydroxyl groups is 1. The minimum absolute atomic E-state index is 0.00131. The van der Waals surface area contributed by atoms with Crippen molar-refractivity contribution in [1.29, 1.82) is 0 Å². The van der Waals surface area contributed by atoms with Crippen molar-refractivity contribution in [3.63, 3.8) is 0 Å². The molecule has 1 N–H and O–H groups in total. The van der Waals surface area contributed by atoms with Crippen molar-refractivity contribution in [2.75, 3.05) is 31.7 Å². The van der Waals surface area contributed by atoms with E-state index in [9.17, 15) is 10.1 Å². The zero-order valence-corrected chi connectivity index (χ0v) is 10.2. The number of hydrogen-bond acceptors (Lipinski definition) is 5. The molecule has 1 heterocycles. The average molecular weight is 252 g/mol. The van der Waals surface area contributed by atoms with E-state index in [1.807, 2.05) is 4.90 Å². The van der Waals surface area contributed by atoms with Gasteiger partial charge in [0.25, 0.3) is 0 Å². The molecule has 0 spiro atoms. The molecule has 0 bridgehead atoms. The van der Waals surface area contributed by atoms with Crippen LogP contribution in [-0.2, 0) is 0 Å². The molecule has 1 unspecified atom stereocenters. The zero-order valence-electron chi connectivity index (χ0n) is 10.2. The van der Waals surface area contributed by atoms with Crippen molar-refractivity contribution in [3.05, 3.63) is 28.3 Å². The Kier molecular flexibility index (Phi) is 3.66. The normalized spacial score (nSPS) is 19.0.